The number of carbonyl (C=O) groups is 2. The van der Waals surface area contributed by atoms with Crippen molar-refractivity contribution < 1.29 is 19.4 Å². The molecule has 0 fully saturated rings. The lowest BCUT2D eigenvalue weighted by molar-refractivity contribution is -0.127. The minimum atomic E-state index is -1.41. The molecule has 0 aliphatic rings. The summed E-state index contributed by atoms with van der Waals surface area (Å²) in [5.41, 5.74) is 0. The number of rotatable bonds is 3. The first-order valence-corrected chi connectivity index (χ1v) is 3.00. The normalized spacial score (nSPS) is 12.2. The summed E-state index contributed by atoms with van der Waals surface area (Å²) in [4.78, 5) is 20.5. The van der Waals surface area contributed by atoms with Crippen molar-refractivity contribution in [2.75, 3.05) is 0 Å². The Hall–Kier alpha value is -1.06. The molecule has 58 valence electrons. The molecule has 0 aliphatic carbocycles. The molecule has 1 N–H and O–H groups in total. The fourth-order valence-electron chi connectivity index (χ4n) is 0.504. The molecule has 1 unspecified atom stereocenters. The molecule has 0 aromatic rings. The molecule has 0 rings (SSSR count). The number of carbonyl (C=O) groups excluding carboxylic acids is 1. The quantitative estimate of drug-likeness (QED) is 0.604. The van der Waals surface area contributed by atoms with Gasteiger partial charge >= 0.3 is 6.16 Å². The summed E-state index contributed by atoms with van der Waals surface area (Å²) in [5, 5.41) is 8.05. The third-order valence-electron chi connectivity index (χ3n) is 1.08. The number of hydrogen-bond donors (Lipinski definition) is 1. The SMILES string of the molecule is CCC(=O)C(C)OC(=O)O. The average molecular weight is 146 g/mol. The van der Waals surface area contributed by atoms with E-state index >= 15 is 0 Å². The van der Waals surface area contributed by atoms with Crippen molar-refractivity contribution in [3.05, 3.63) is 0 Å². The van der Waals surface area contributed by atoms with E-state index in [1.807, 2.05) is 0 Å². The van der Waals surface area contributed by atoms with Crippen LogP contribution in [0.1, 0.15) is 20.3 Å². The molecular formula is C6H10O4. The van der Waals surface area contributed by atoms with E-state index in [0.29, 0.717) is 6.42 Å². The molecule has 0 saturated carbocycles. The predicted molar refractivity (Wildman–Crippen MR) is 33.9 cm³/mol. The highest BCUT2D eigenvalue weighted by Gasteiger charge is 2.13. The number of carboxylic acid groups (broad SMARTS) is 1. The second-order valence-corrected chi connectivity index (χ2v) is 1.85. The monoisotopic (exact) mass is 146 g/mol. The molecule has 0 spiro atoms. The maximum Gasteiger partial charge on any atom is 0.506 e. The smallest absolute Gasteiger partial charge is 0.450 e. The van der Waals surface area contributed by atoms with Gasteiger partial charge in [-0.1, -0.05) is 6.92 Å². The summed E-state index contributed by atoms with van der Waals surface area (Å²) in [6.07, 6.45) is -1.94. The molecule has 0 aromatic heterocycles. The van der Waals surface area contributed by atoms with Crippen LogP contribution in [0, 0.1) is 0 Å². The first-order valence-electron chi connectivity index (χ1n) is 3.00. The van der Waals surface area contributed by atoms with Gasteiger partial charge in [0.2, 0.25) is 0 Å². The molecule has 4 heteroatoms. The molecule has 0 radical (unpaired) electrons. The topological polar surface area (TPSA) is 63.6 Å². The van der Waals surface area contributed by atoms with Crippen molar-refractivity contribution in [1.82, 2.24) is 0 Å². The predicted octanol–water partition coefficient (Wildman–Crippen LogP) is 1.05. The van der Waals surface area contributed by atoms with Gasteiger partial charge in [0, 0.05) is 6.42 Å². The van der Waals surface area contributed by atoms with Crippen LogP contribution < -0.4 is 0 Å². The Kier molecular flexibility index (Phi) is 3.46. The Labute approximate surface area is 58.8 Å². The highest BCUT2D eigenvalue weighted by Crippen LogP contribution is 1.95. The summed E-state index contributed by atoms with van der Waals surface area (Å²) in [5.74, 6) is -0.206. The van der Waals surface area contributed by atoms with Crippen LogP contribution in [0.5, 0.6) is 0 Å². The zero-order valence-electron chi connectivity index (χ0n) is 5.96. The fraction of sp³-hybridized carbons (Fsp3) is 0.667. The maximum absolute atomic E-state index is 10.7. The first-order chi connectivity index (χ1) is 4.57. The molecule has 0 bridgehead atoms. The molecule has 10 heavy (non-hydrogen) atoms. The molecular weight excluding hydrogens is 136 g/mol. The molecule has 0 amide bonds. The minimum Gasteiger partial charge on any atom is -0.450 e. The second kappa shape index (κ2) is 3.87. The van der Waals surface area contributed by atoms with Crippen molar-refractivity contribution in [3.8, 4) is 0 Å². The Morgan fingerprint density at radius 3 is 2.40 bits per heavy atom. The van der Waals surface area contributed by atoms with Gasteiger partial charge in [0.1, 0.15) is 0 Å². The van der Waals surface area contributed by atoms with E-state index in [4.69, 9.17) is 5.11 Å². The summed E-state index contributed by atoms with van der Waals surface area (Å²) < 4.78 is 4.17. The molecule has 0 aromatic carbocycles. The third kappa shape index (κ3) is 3.06. The summed E-state index contributed by atoms with van der Waals surface area (Å²) >= 11 is 0. The molecule has 1 atom stereocenters. The molecule has 4 nitrogen and oxygen atoms in total. The van der Waals surface area contributed by atoms with Gasteiger partial charge in [0.15, 0.2) is 11.9 Å². The Morgan fingerprint density at radius 1 is 1.60 bits per heavy atom. The lowest BCUT2D eigenvalue weighted by atomic mass is 10.2. The zero-order chi connectivity index (χ0) is 8.15. The summed E-state index contributed by atoms with van der Waals surface area (Å²) in [6, 6.07) is 0. The van der Waals surface area contributed by atoms with E-state index in [2.05, 4.69) is 4.74 Å². The number of ketones is 1. The van der Waals surface area contributed by atoms with Gasteiger partial charge in [0.05, 0.1) is 0 Å². The van der Waals surface area contributed by atoms with E-state index in [-0.39, 0.29) is 5.78 Å². The largest absolute Gasteiger partial charge is 0.506 e. The van der Waals surface area contributed by atoms with Crippen LogP contribution in [0.15, 0.2) is 0 Å². The number of hydrogen-bond acceptors (Lipinski definition) is 3. The lowest BCUT2D eigenvalue weighted by Crippen LogP contribution is -2.22. The van der Waals surface area contributed by atoms with Crippen molar-refractivity contribution in [3.63, 3.8) is 0 Å². The Bertz CT molecular complexity index is 141. The van der Waals surface area contributed by atoms with Crippen LogP contribution in [-0.4, -0.2) is 23.1 Å². The van der Waals surface area contributed by atoms with Crippen LogP contribution in [-0.2, 0) is 9.53 Å². The summed E-state index contributed by atoms with van der Waals surface area (Å²) in [7, 11) is 0. The summed E-state index contributed by atoms with van der Waals surface area (Å²) in [6.45, 7) is 3.07. The minimum absolute atomic E-state index is 0.206. The van der Waals surface area contributed by atoms with Crippen LogP contribution in [0.25, 0.3) is 0 Å². The van der Waals surface area contributed by atoms with Crippen molar-refractivity contribution in [2.45, 2.75) is 26.4 Å². The van der Waals surface area contributed by atoms with Crippen molar-refractivity contribution in [1.29, 1.82) is 0 Å². The Morgan fingerprint density at radius 2 is 2.10 bits per heavy atom. The van der Waals surface area contributed by atoms with Crippen molar-refractivity contribution in [2.24, 2.45) is 0 Å². The van der Waals surface area contributed by atoms with Crippen LogP contribution >= 0.6 is 0 Å². The molecule has 0 heterocycles. The standard InChI is InChI=1S/C6H10O4/c1-3-5(7)4(2)10-6(8)9/h4H,3H2,1-2H3,(H,8,9). The Balaban J connectivity index is 3.72. The van der Waals surface area contributed by atoms with E-state index in [1.54, 1.807) is 6.92 Å². The van der Waals surface area contributed by atoms with Crippen LogP contribution in [0.4, 0.5) is 4.79 Å². The van der Waals surface area contributed by atoms with Gasteiger partial charge < -0.3 is 9.84 Å². The van der Waals surface area contributed by atoms with E-state index in [9.17, 15) is 9.59 Å². The number of Topliss-reactive ketones (excluding diaryl/α,β-unsaturated/α-hetero) is 1. The van der Waals surface area contributed by atoms with Crippen LogP contribution in [0.2, 0.25) is 0 Å². The fourth-order valence-corrected chi connectivity index (χ4v) is 0.504. The van der Waals surface area contributed by atoms with E-state index < -0.39 is 12.3 Å². The highest BCUT2D eigenvalue weighted by molar-refractivity contribution is 5.83. The zero-order valence-corrected chi connectivity index (χ0v) is 5.96. The van der Waals surface area contributed by atoms with Crippen LogP contribution in [0.3, 0.4) is 0 Å². The third-order valence-corrected chi connectivity index (χ3v) is 1.08. The van der Waals surface area contributed by atoms with Gasteiger partial charge in [-0.2, -0.15) is 0 Å². The van der Waals surface area contributed by atoms with Crippen molar-refractivity contribution >= 4 is 11.9 Å². The highest BCUT2D eigenvalue weighted by atomic mass is 16.7. The first kappa shape index (κ1) is 8.94. The number of ether oxygens (including phenoxy) is 1. The average Bonchev–Trinajstić information content (AvgIpc) is 1.85. The second-order valence-electron chi connectivity index (χ2n) is 1.85. The molecule has 0 aliphatic heterocycles. The van der Waals surface area contributed by atoms with Gasteiger partial charge in [-0.25, -0.2) is 4.79 Å². The molecule has 0 saturated heterocycles. The van der Waals surface area contributed by atoms with Gasteiger partial charge in [-0.05, 0) is 6.92 Å². The lowest BCUT2D eigenvalue weighted by Gasteiger charge is -2.06. The van der Waals surface area contributed by atoms with E-state index in [1.165, 1.54) is 6.92 Å². The van der Waals surface area contributed by atoms with E-state index in [0.717, 1.165) is 0 Å². The van der Waals surface area contributed by atoms with Gasteiger partial charge in [0.25, 0.3) is 0 Å². The van der Waals surface area contributed by atoms with Gasteiger partial charge in [-0.15, -0.1) is 0 Å². The maximum atomic E-state index is 10.7. The van der Waals surface area contributed by atoms with Gasteiger partial charge in [-0.3, -0.25) is 4.79 Å².